The third kappa shape index (κ3) is 4.49. The van der Waals surface area contributed by atoms with Crippen LogP contribution >= 0.6 is 0 Å². The second-order valence-corrected chi connectivity index (χ2v) is 6.35. The molecule has 0 spiro atoms. The molecule has 0 aliphatic carbocycles. The number of nitrogens with zero attached hydrogens (tertiary/aromatic N) is 1. The van der Waals surface area contributed by atoms with Gasteiger partial charge in [0, 0.05) is 6.07 Å². The van der Waals surface area contributed by atoms with Gasteiger partial charge in [0.2, 0.25) is 0 Å². The van der Waals surface area contributed by atoms with Gasteiger partial charge in [0.05, 0.1) is 4.92 Å². The number of amides is 1. The number of ether oxygens (including phenoxy) is 1. The summed E-state index contributed by atoms with van der Waals surface area (Å²) in [6.07, 6.45) is 0.218. The number of nitro benzene ring substituents is 1. The number of rotatable bonds is 4. The van der Waals surface area contributed by atoms with Gasteiger partial charge in [-0.1, -0.05) is 0 Å². The first-order valence-electron chi connectivity index (χ1n) is 7.80. The lowest BCUT2D eigenvalue weighted by Gasteiger charge is -2.31. The lowest BCUT2D eigenvalue weighted by atomic mass is 10.1. The Bertz CT molecular complexity index is 608. The van der Waals surface area contributed by atoms with E-state index < -0.39 is 4.92 Å². The van der Waals surface area contributed by atoms with Gasteiger partial charge in [-0.2, -0.15) is 0 Å². The van der Waals surface area contributed by atoms with Gasteiger partial charge in [0.1, 0.15) is 31.0 Å². The molecule has 1 aliphatic rings. The summed E-state index contributed by atoms with van der Waals surface area (Å²) in [5, 5.41) is 13.9. The van der Waals surface area contributed by atoms with E-state index in [1.165, 1.54) is 6.07 Å². The number of anilines is 1. The van der Waals surface area contributed by atoms with Crippen LogP contribution in [0.15, 0.2) is 12.1 Å². The first kappa shape index (κ1) is 17.4. The van der Waals surface area contributed by atoms with Crippen molar-refractivity contribution in [2.75, 3.05) is 25.0 Å². The van der Waals surface area contributed by atoms with Gasteiger partial charge in [0.25, 0.3) is 11.6 Å². The number of aryl methyl sites for hydroxylation is 2. The Morgan fingerprint density at radius 3 is 2.43 bits per heavy atom. The highest BCUT2D eigenvalue weighted by atomic mass is 16.6. The molecule has 7 heteroatoms. The highest BCUT2D eigenvalue weighted by Crippen LogP contribution is 2.27. The Labute approximate surface area is 135 Å². The molecule has 1 aromatic rings. The van der Waals surface area contributed by atoms with Crippen LogP contribution < -0.4 is 10.2 Å². The second-order valence-electron chi connectivity index (χ2n) is 6.35. The van der Waals surface area contributed by atoms with E-state index in [0.717, 1.165) is 29.1 Å². The molecule has 2 rings (SSSR count). The molecule has 0 bridgehead atoms. The molecule has 2 N–H and O–H groups in total. The monoisotopic (exact) mass is 322 g/mol. The fourth-order valence-electron chi connectivity index (χ4n) is 3.01. The fourth-order valence-corrected chi connectivity index (χ4v) is 3.01. The molecule has 7 nitrogen and oxygen atoms in total. The summed E-state index contributed by atoms with van der Waals surface area (Å²) < 4.78 is 5.65. The average Bonchev–Trinajstić information content (AvgIpc) is 2.40. The third-order valence-corrected chi connectivity index (χ3v) is 4.11. The molecule has 23 heavy (non-hydrogen) atoms. The molecule has 1 unspecified atom stereocenters. The Hall–Kier alpha value is -1.99. The lowest BCUT2D eigenvalue weighted by Crippen LogP contribution is -3.16. The van der Waals surface area contributed by atoms with Crippen molar-refractivity contribution >= 4 is 17.3 Å². The molecule has 1 aromatic carbocycles. The SMILES string of the molecule is Cc1cc(NC(=O)C[NH+]2C[C@@H](C)O[C@@H](C)C2)c([N+](=O)[O-])cc1C. The fraction of sp³-hybridized carbons (Fsp3) is 0.562. The number of hydrogen-bond acceptors (Lipinski definition) is 4. The van der Waals surface area contributed by atoms with E-state index in [0.29, 0.717) is 0 Å². The second kappa shape index (κ2) is 7.06. The number of morpholine rings is 1. The molecule has 1 fully saturated rings. The molecule has 1 aliphatic heterocycles. The first-order chi connectivity index (χ1) is 10.8. The maximum absolute atomic E-state index is 12.3. The summed E-state index contributed by atoms with van der Waals surface area (Å²) in [5.41, 5.74) is 1.93. The minimum Gasteiger partial charge on any atom is -0.364 e. The number of carbonyl (C=O) groups excluding carboxylic acids is 1. The predicted octanol–water partition coefficient (Wildman–Crippen LogP) is 0.842. The van der Waals surface area contributed by atoms with E-state index in [-0.39, 0.29) is 36.0 Å². The number of nitro groups is 1. The number of hydrogen-bond donors (Lipinski definition) is 2. The Kier molecular flexibility index (Phi) is 5.33. The lowest BCUT2D eigenvalue weighted by molar-refractivity contribution is -0.907. The zero-order chi connectivity index (χ0) is 17.1. The Morgan fingerprint density at radius 2 is 1.87 bits per heavy atom. The molecule has 126 valence electrons. The van der Waals surface area contributed by atoms with Crippen LogP contribution in [0.25, 0.3) is 0 Å². The van der Waals surface area contributed by atoms with E-state index in [2.05, 4.69) is 5.32 Å². The average molecular weight is 322 g/mol. The van der Waals surface area contributed by atoms with Gasteiger partial charge < -0.3 is 15.0 Å². The molecular formula is C16H24N3O4+. The molecule has 1 amide bonds. The quantitative estimate of drug-likeness (QED) is 0.635. The number of nitrogens with one attached hydrogen (secondary N) is 2. The molecule has 0 aromatic heterocycles. The summed E-state index contributed by atoms with van der Waals surface area (Å²) in [6, 6.07) is 3.15. The van der Waals surface area contributed by atoms with Crippen molar-refractivity contribution in [3.05, 3.63) is 33.4 Å². The van der Waals surface area contributed by atoms with Crippen molar-refractivity contribution < 1.29 is 19.4 Å². The maximum atomic E-state index is 12.3. The summed E-state index contributed by atoms with van der Waals surface area (Å²) in [4.78, 5) is 24.1. The van der Waals surface area contributed by atoms with Crippen LogP contribution in [-0.2, 0) is 9.53 Å². The van der Waals surface area contributed by atoms with Gasteiger partial charge in [-0.25, -0.2) is 0 Å². The minimum atomic E-state index is -0.464. The van der Waals surface area contributed by atoms with E-state index in [9.17, 15) is 14.9 Å². The summed E-state index contributed by atoms with van der Waals surface area (Å²) in [6.45, 7) is 9.45. The van der Waals surface area contributed by atoms with Crippen LogP contribution in [0.2, 0.25) is 0 Å². The molecular weight excluding hydrogens is 298 g/mol. The normalized spacial score (nSPS) is 24.3. The van der Waals surface area contributed by atoms with Crippen molar-refractivity contribution in [3.8, 4) is 0 Å². The Balaban J connectivity index is 2.08. The number of benzene rings is 1. The standard InChI is InChI=1S/C16H23N3O4/c1-10-5-14(15(19(21)22)6-11(10)2)17-16(20)9-18-7-12(3)23-13(4)8-18/h5-6,12-13H,7-9H2,1-4H3,(H,17,20)/p+1/t12-,13+. The molecule has 1 heterocycles. The highest BCUT2D eigenvalue weighted by Gasteiger charge is 2.28. The van der Waals surface area contributed by atoms with Gasteiger partial charge in [0.15, 0.2) is 6.54 Å². The zero-order valence-electron chi connectivity index (χ0n) is 14.0. The van der Waals surface area contributed by atoms with Gasteiger partial charge in [-0.15, -0.1) is 0 Å². The molecule has 1 saturated heterocycles. The van der Waals surface area contributed by atoms with Gasteiger partial charge in [-0.3, -0.25) is 14.9 Å². The first-order valence-corrected chi connectivity index (χ1v) is 7.80. The van der Waals surface area contributed by atoms with E-state index in [1.807, 2.05) is 27.7 Å². The van der Waals surface area contributed by atoms with Crippen molar-refractivity contribution in [3.63, 3.8) is 0 Å². The largest absolute Gasteiger partial charge is 0.364 e. The van der Waals surface area contributed by atoms with Crippen LogP contribution in [0.1, 0.15) is 25.0 Å². The van der Waals surface area contributed by atoms with Gasteiger partial charge in [-0.05, 0) is 44.9 Å². The molecule has 0 saturated carbocycles. The number of carbonyl (C=O) groups is 1. The third-order valence-electron chi connectivity index (χ3n) is 4.11. The smallest absolute Gasteiger partial charge is 0.293 e. The maximum Gasteiger partial charge on any atom is 0.293 e. The summed E-state index contributed by atoms with van der Waals surface area (Å²) in [5.74, 6) is -0.215. The number of quaternary nitrogens is 1. The van der Waals surface area contributed by atoms with Crippen molar-refractivity contribution in [1.29, 1.82) is 0 Å². The van der Waals surface area contributed by atoms with Gasteiger partial charge >= 0.3 is 0 Å². The predicted molar refractivity (Wildman–Crippen MR) is 86.8 cm³/mol. The summed E-state index contributed by atoms with van der Waals surface area (Å²) >= 11 is 0. The Morgan fingerprint density at radius 1 is 1.30 bits per heavy atom. The van der Waals surface area contributed by atoms with E-state index in [4.69, 9.17) is 4.74 Å². The minimum absolute atomic E-state index is 0.0693. The highest BCUT2D eigenvalue weighted by molar-refractivity contribution is 5.94. The van der Waals surface area contributed by atoms with Crippen molar-refractivity contribution in [2.45, 2.75) is 39.9 Å². The van der Waals surface area contributed by atoms with E-state index >= 15 is 0 Å². The van der Waals surface area contributed by atoms with Crippen LogP contribution in [-0.4, -0.2) is 42.7 Å². The van der Waals surface area contributed by atoms with Crippen LogP contribution in [0.4, 0.5) is 11.4 Å². The van der Waals surface area contributed by atoms with E-state index in [1.54, 1.807) is 6.07 Å². The topological polar surface area (TPSA) is 85.9 Å². The van der Waals surface area contributed by atoms with Crippen molar-refractivity contribution in [1.82, 2.24) is 0 Å². The molecule has 0 radical (unpaired) electrons. The van der Waals surface area contributed by atoms with Crippen LogP contribution in [0.5, 0.6) is 0 Å². The molecule has 3 atom stereocenters. The summed E-state index contributed by atoms with van der Waals surface area (Å²) in [7, 11) is 0. The van der Waals surface area contributed by atoms with Crippen LogP contribution in [0, 0.1) is 24.0 Å². The van der Waals surface area contributed by atoms with Crippen LogP contribution in [0.3, 0.4) is 0 Å². The zero-order valence-corrected chi connectivity index (χ0v) is 14.0. The van der Waals surface area contributed by atoms with Crippen molar-refractivity contribution in [2.24, 2.45) is 0 Å².